The van der Waals surface area contributed by atoms with Crippen LogP contribution < -0.4 is 0 Å². The predicted octanol–water partition coefficient (Wildman–Crippen LogP) is 15.1. The number of benzene rings is 9. The Bertz CT molecular complexity index is 3860. The maximum absolute atomic E-state index is 5.05. The fraction of sp³-hybridized carbons (Fsp3) is 0. The molecular weight excluding hydrogens is 787 g/mol. The minimum atomic E-state index is 0.627. The first-order chi connectivity index (χ1) is 31.2. The summed E-state index contributed by atoms with van der Waals surface area (Å²) in [4.78, 5) is 15.0. The van der Waals surface area contributed by atoms with E-state index in [4.69, 9.17) is 15.0 Å². The molecule has 6 heteroatoms. The fourth-order valence-corrected chi connectivity index (χ4v) is 10.7. The first-order valence-corrected chi connectivity index (χ1v) is 22.0. The molecule has 0 saturated carbocycles. The fourth-order valence-electron chi connectivity index (χ4n) is 9.49. The van der Waals surface area contributed by atoms with Gasteiger partial charge in [0.1, 0.15) is 0 Å². The molecule has 13 rings (SSSR count). The van der Waals surface area contributed by atoms with Crippen LogP contribution in [0.25, 0.3) is 120 Å². The summed E-state index contributed by atoms with van der Waals surface area (Å²) in [6.07, 6.45) is 0. The largest absolute Gasteiger partial charge is 0.309 e. The van der Waals surface area contributed by atoms with Gasteiger partial charge in [-0.3, -0.25) is 0 Å². The highest BCUT2D eigenvalue weighted by molar-refractivity contribution is 7.26. The smallest absolute Gasteiger partial charge is 0.164 e. The summed E-state index contributed by atoms with van der Waals surface area (Å²) in [6.45, 7) is 0. The average Bonchev–Trinajstić information content (AvgIpc) is 4.02. The Labute approximate surface area is 366 Å². The molecule has 0 radical (unpaired) electrons. The number of hydrogen-bond acceptors (Lipinski definition) is 4. The van der Waals surface area contributed by atoms with Gasteiger partial charge in [0.25, 0.3) is 0 Å². The lowest BCUT2D eigenvalue weighted by Gasteiger charge is -2.12. The zero-order valence-corrected chi connectivity index (χ0v) is 34.7. The Kier molecular flexibility index (Phi) is 8.01. The number of hydrogen-bond donors (Lipinski definition) is 0. The molecule has 9 aromatic carbocycles. The Hall–Kier alpha value is -8.19. The topological polar surface area (TPSA) is 48.5 Å². The molecule has 0 spiro atoms. The highest BCUT2D eigenvalue weighted by Crippen LogP contribution is 2.43. The van der Waals surface area contributed by atoms with Crippen LogP contribution in [0.5, 0.6) is 0 Å². The van der Waals surface area contributed by atoms with Crippen LogP contribution in [0.15, 0.2) is 212 Å². The molecule has 13 aromatic rings. The van der Waals surface area contributed by atoms with Crippen molar-refractivity contribution < 1.29 is 0 Å². The predicted molar refractivity (Wildman–Crippen MR) is 263 cm³/mol. The molecule has 0 amide bonds. The third kappa shape index (κ3) is 5.73. The standard InChI is InChI=1S/C57H35N5S/c1-3-15-36(16-4-1)55-58-56(37-17-5-2-6-18-37)60-57(59-55)39-19-13-20-40(33-39)61-50-27-11-8-22-44(50)48-35-41(30-32-52(48)61)62-49-26-10-7-21-43(49)47-34-38(29-31-51(47)62)42-24-14-25-46-45-23-9-12-28-53(45)63-54(42)46/h1-35H. The molecule has 63 heavy (non-hydrogen) atoms. The van der Waals surface area contributed by atoms with Crippen LogP contribution >= 0.6 is 11.3 Å². The number of rotatable bonds is 6. The normalized spacial score (nSPS) is 11.8. The van der Waals surface area contributed by atoms with Crippen LogP contribution in [0.2, 0.25) is 0 Å². The molecule has 4 heterocycles. The van der Waals surface area contributed by atoms with Crippen LogP contribution in [-0.4, -0.2) is 24.1 Å². The lowest BCUT2D eigenvalue weighted by Crippen LogP contribution is -2.01. The monoisotopic (exact) mass is 821 g/mol. The Morgan fingerprint density at radius 3 is 1.48 bits per heavy atom. The summed E-state index contributed by atoms with van der Waals surface area (Å²) in [5, 5.41) is 7.49. The third-order valence-corrected chi connectivity index (χ3v) is 13.6. The minimum Gasteiger partial charge on any atom is -0.309 e. The number of fused-ring (bicyclic) bond motifs is 9. The molecule has 0 bridgehead atoms. The average molecular weight is 822 g/mol. The summed E-state index contributed by atoms with van der Waals surface area (Å²) >= 11 is 1.88. The van der Waals surface area contributed by atoms with E-state index in [0.29, 0.717) is 17.5 Å². The van der Waals surface area contributed by atoms with E-state index in [1.807, 2.05) is 72.0 Å². The molecule has 0 aliphatic carbocycles. The van der Waals surface area contributed by atoms with Crippen molar-refractivity contribution in [1.29, 1.82) is 0 Å². The number of para-hydroxylation sites is 2. The Balaban J connectivity index is 0.956. The number of thiophene rings is 1. The van der Waals surface area contributed by atoms with Crippen LogP contribution in [0.1, 0.15) is 0 Å². The van der Waals surface area contributed by atoms with E-state index in [1.165, 1.54) is 63.9 Å². The van der Waals surface area contributed by atoms with Crippen LogP contribution in [-0.2, 0) is 0 Å². The maximum atomic E-state index is 5.05. The van der Waals surface area contributed by atoms with Gasteiger partial charge in [0, 0.05) is 69.8 Å². The summed E-state index contributed by atoms with van der Waals surface area (Å²) in [5.41, 5.74) is 12.1. The van der Waals surface area contributed by atoms with Crippen LogP contribution in [0, 0.1) is 0 Å². The lowest BCUT2D eigenvalue weighted by atomic mass is 10.0. The first kappa shape index (κ1) is 35.6. The van der Waals surface area contributed by atoms with Crippen molar-refractivity contribution in [3.63, 3.8) is 0 Å². The quantitative estimate of drug-likeness (QED) is 0.168. The molecule has 0 N–H and O–H groups in total. The second-order valence-corrected chi connectivity index (χ2v) is 17.1. The number of aromatic nitrogens is 5. The highest BCUT2D eigenvalue weighted by atomic mass is 32.1. The summed E-state index contributed by atoms with van der Waals surface area (Å²) in [5.74, 6) is 1.91. The summed E-state index contributed by atoms with van der Waals surface area (Å²) in [6, 6.07) is 75.7. The molecule has 0 atom stereocenters. The summed E-state index contributed by atoms with van der Waals surface area (Å²) in [7, 11) is 0. The van der Waals surface area contributed by atoms with Crippen LogP contribution in [0.3, 0.4) is 0 Å². The molecule has 0 aliphatic rings. The van der Waals surface area contributed by atoms with Crippen molar-refractivity contribution >= 4 is 75.1 Å². The van der Waals surface area contributed by atoms with Gasteiger partial charge in [-0.15, -0.1) is 11.3 Å². The molecule has 0 saturated heterocycles. The maximum Gasteiger partial charge on any atom is 0.164 e. The van der Waals surface area contributed by atoms with E-state index in [0.717, 1.165) is 39.1 Å². The van der Waals surface area contributed by atoms with Gasteiger partial charge in [-0.2, -0.15) is 0 Å². The van der Waals surface area contributed by atoms with E-state index in [2.05, 4.69) is 161 Å². The second-order valence-electron chi connectivity index (χ2n) is 16.0. The van der Waals surface area contributed by atoms with Crippen molar-refractivity contribution in [2.24, 2.45) is 0 Å². The van der Waals surface area contributed by atoms with E-state index >= 15 is 0 Å². The van der Waals surface area contributed by atoms with Crippen molar-refractivity contribution in [1.82, 2.24) is 24.1 Å². The van der Waals surface area contributed by atoms with Gasteiger partial charge < -0.3 is 9.13 Å². The Morgan fingerprint density at radius 1 is 0.302 bits per heavy atom. The van der Waals surface area contributed by atoms with Gasteiger partial charge in [0.15, 0.2) is 17.5 Å². The van der Waals surface area contributed by atoms with Gasteiger partial charge in [-0.25, -0.2) is 15.0 Å². The summed E-state index contributed by atoms with van der Waals surface area (Å²) < 4.78 is 7.44. The van der Waals surface area contributed by atoms with Gasteiger partial charge in [0.05, 0.1) is 22.1 Å². The van der Waals surface area contributed by atoms with E-state index < -0.39 is 0 Å². The van der Waals surface area contributed by atoms with Crippen molar-refractivity contribution in [2.75, 3.05) is 0 Å². The number of nitrogens with zero attached hydrogens (tertiary/aromatic N) is 5. The van der Waals surface area contributed by atoms with Gasteiger partial charge in [-0.05, 0) is 71.8 Å². The molecule has 5 nitrogen and oxygen atoms in total. The molecule has 0 fully saturated rings. The van der Waals surface area contributed by atoms with Gasteiger partial charge in [-0.1, -0.05) is 152 Å². The van der Waals surface area contributed by atoms with Crippen molar-refractivity contribution in [3.8, 4) is 56.7 Å². The van der Waals surface area contributed by atoms with Crippen molar-refractivity contribution in [3.05, 3.63) is 212 Å². The first-order valence-electron chi connectivity index (χ1n) is 21.2. The SMILES string of the molecule is c1ccc(-c2nc(-c3ccccc3)nc(-c3cccc(-n4c5ccccc5c5cc(-n6c7ccccc7c7cc(-c8cccc9c8sc8ccccc89)ccc76)ccc54)c3)n2)cc1. The van der Waals surface area contributed by atoms with Gasteiger partial charge in [0.2, 0.25) is 0 Å². The van der Waals surface area contributed by atoms with Crippen LogP contribution in [0.4, 0.5) is 0 Å². The van der Waals surface area contributed by atoms with E-state index in [9.17, 15) is 0 Å². The minimum absolute atomic E-state index is 0.627. The lowest BCUT2D eigenvalue weighted by molar-refractivity contribution is 1.07. The molecule has 0 aliphatic heterocycles. The zero-order chi connectivity index (χ0) is 41.4. The third-order valence-electron chi connectivity index (χ3n) is 12.4. The van der Waals surface area contributed by atoms with E-state index in [-0.39, 0.29) is 0 Å². The second kappa shape index (κ2) is 14.2. The highest BCUT2D eigenvalue weighted by Gasteiger charge is 2.19. The van der Waals surface area contributed by atoms with Gasteiger partial charge >= 0.3 is 0 Å². The van der Waals surface area contributed by atoms with Crippen molar-refractivity contribution in [2.45, 2.75) is 0 Å². The zero-order valence-electron chi connectivity index (χ0n) is 33.9. The molecular formula is C57H35N5S. The molecule has 294 valence electrons. The Morgan fingerprint density at radius 2 is 0.794 bits per heavy atom. The molecule has 4 aromatic heterocycles. The molecule has 0 unspecified atom stereocenters. The van der Waals surface area contributed by atoms with E-state index in [1.54, 1.807) is 0 Å².